The van der Waals surface area contributed by atoms with Crippen LogP contribution in [0.25, 0.3) is 0 Å². The van der Waals surface area contributed by atoms with Crippen molar-refractivity contribution in [1.29, 1.82) is 0 Å². The van der Waals surface area contributed by atoms with Crippen molar-refractivity contribution in [3.05, 3.63) is 35.9 Å². The zero-order chi connectivity index (χ0) is 15.4. The first-order valence-corrected chi connectivity index (χ1v) is 8.90. The molecule has 0 aromatic heterocycles. The highest BCUT2D eigenvalue weighted by atomic mass is 16.3. The molecule has 4 saturated carbocycles. The van der Waals surface area contributed by atoms with Gasteiger partial charge < -0.3 is 10.0 Å². The lowest BCUT2D eigenvalue weighted by Gasteiger charge is -2.64. The molecule has 2 nitrogen and oxygen atoms in total. The predicted octanol–water partition coefficient (Wildman–Crippen LogP) is 3.45. The van der Waals surface area contributed by atoms with Gasteiger partial charge in [0.25, 0.3) is 0 Å². The lowest BCUT2D eigenvalue weighted by Crippen LogP contribution is -2.59. The molecular weight excluding hydrogens is 270 g/mol. The Balaban J connectivity index is 1.69. The van der Waals surface area contributed by atoms with Crippen LogP contribution in [0.1, 0.15) is 44.1 Å². The number of benzene rings is 1. The predicted molar refractivity (Wildman–Crippen MR) is 89.8 cm³/mol. The Morgan fingerprint density at radius 3 is 2.32 bits per heavy atom. The maximum absolute atomic E-state index is 11.0. The molecule has 0 aliphatic heterocycles. The van der Waals surface area contributed by atoms with E-state index in [1.54, 1.807) is 0 Å². The Hall–Kier alpha value is -0.860. The van der Waals surface area contributed by atoms with Gasteiger partial charge in [-0.1, -0.05) is 30.3 Å². The molecule has 1 aromatic rings. The van der Waals surface area contributed by atoms with Crippen LogP contribution in [0.3, 0.4) is 0 Å². The van der Waals surface area contributed by atoms with Crippen molar-refractivity contribution < 1.29 is 5.11 Å². The van der Waals surface area contributed by atoms with Crippen molar-refractivity contribution in [2.45, 2.75) is 50.0 Å². The van der Waals surface area contributed by atoms with E-state index in [0.717, 1.165) is 18.4 Å². The number of aliphatic hydroxyl groups excluding tert-OH is 1. The Morgan fingerprint density at radius 2 is 1.73 bits per heavy atom. The standard InChI is InChI=1S/C20H29NO/c1-21(2)13-18(22)20-11-15-8-16(12-20)10-19(9-15,14-20)17-6-4-3-5-7-17/h3-7,15-16,18,22H,8-14H2,1-2H3/t15-,16-,18+,19?,20?/m1/s1. The van der Waals surface area contributed by atoms with E-state index >= 15 is 0 Å². The number of aliphatic hydroxyl groups is 1. The van der Waals surface area contributed by atoms with Crippen LogP contribution in [-0.2, 0) is 5.41 Å². The minimum absolute atomic E-state index is 0.170. The Kier molecular flexibility index (Phi) is 3.39. The molecular formula is C20H29NO. The number of hydrogen-bond acceptors (Lipinski definition) is 2. The molecule has 0 spiro atoms. The van der Waals surface area contributed by atoms with Crippen molar-refractivity contribution in [1.82, 2.24) is 4.90 Å². The Bertz CT molecular complexity index is 524. The molecule has 1 N–H and O–H groups in total. The van der Waals surface area contributed by atoms with E-state index < -0.39 is 0 Å². The highest BCUT2D eigenvalue weighted by molar-refractivity contribution is 5.30. The van der Waals surface area contributed by atoms with Gasteiger partial charge in [0.15, 0.2) is 0 Å². The minimum Gasteiger partial charge on any atom is -0.391 e. The van der Waals surface area contributed by atoms with Gasteiger partial charge in [0.1, 0.15) is 0 Å². The van der Waals surface area contributed by atoms with Gasteiger partial charge in [0, 0.05) is 6.54 Å². The Morgan fingerprint density at radius 1 is 1.09 bits per heavy atom. The maximum atomic E-state index is 11.0. The highest BCUT2D eigenvalue weighted by Crippen LogP contribution is 2.66. The molecule has 4 fully saturated rings. The van der Waals surface area contributed by atoms with Gasteiger partial charge in [-0.2, -0.15) is 0 Å². The maximum Gasteiger partial charge on any atom is 0.0723 e. The molecule has 22 heavy (non-hydrogen) atoms. The first-order chi connectivity index (χ1) is 10.5. The van der Waals surface area contributed by atoms with E-state index in [1.165, 1.54) is 44.1 Å². The lowest BCUT2D eigenvalue weighted by atomic mass is 9.42. The highest BCUT2D eigenvalue weighted by Gasteiger charge is 2.60. The molecule has 4 bridgehead atoms. The van der Waals surface area contributed by atoms with E-state index in [2.05, 4.69) is 49.3 Å². The smallest absolute Gasteiger partial charge is 0.0723 e. The summed E-state index contributed by atoms with van der Waals surface area (Å²) >= 11 is 0. The van der Waals surface area contributed by atoms with Gasteiger partial charge in [-0.05, 0) is 80.8 Å². The zero-order valence-electron chi connectivity index (χ0n) is 14.0. The topological polar surface area (TPSA) is 23.5 Å². The fourth-order valence-electron chi connectivity index (χ4n) is 6.39. The van der Waals surface area contributed by atoms with Crippen LogP contribution < -0.4 is 0 Å². The number of rotatable bonds is 4. The number of hydrogen-bond donors (Lipinski definition) is 1. The van der Waals surface area contributed by atoms with E-state index in [-0.39, 0.29) is 11.5 Å². The molecule has 0 radical (unpaired) electrons. The Labute approximate surface area is 134 Å². The summed E-state index contributed by atoms with van der Waals surface area (Å²) in [6.07, 6.45) is 7.65. The molecule has 2 heteroatoms. The van der Waals surface area contributed by atoms with Gasteiger partial charge in [-0.25, -0.2) is 0 Å². The fourth-order valence-corrected chi connectivity index (χ4v) is 6.39. The van der Waals surface area contributed by atoms with Crippen molar-refractivity contribution in [3.63, 3.8) is 0 Å². The molecule has 0 amide bonds. The van der Waals surface area contributed by atoms with Gasteiger partial charge in [-0.15, -0.1) is 0 Å². The summed E-state index contributed by atoms with van der Waals surface area (Å²) in [5.41, 5.74) is 2.05. The van der Waals surface area contributed by atoms with Crippen LogP contribution in [0.5, 0.6) is 0 Å². The van der Waals surface area contributed by atoms with Crippen molar-refractivity contribution in [3.8, 4) is 0 Å². The molecule has 5 rings (SSSR count). The zero-order valence-corrected chi connectivity index (χ0v) is 14.0. The van der Waals surface area contributed by atoms with Crippen molar-refractivity contribution >= 4 is 0 Å². The fraction of sp³-hybridized carbons (Fsp3) is 0.700. The van der Waals surface area contributed by atoms with Crippen LogP contribution in [0, 0.1) is 17.3 Å². The van der Waals surface area contributed by atoms with E-state index in [4.69, 9.17) is 0 Å². The average molecular weight is 299 g/mol. The van der Waals surface area contributed by atoms with Crippen molar-refractivity contribution in [2.75, 3.05) is 20.6 Å². The third-order valence-corrected chi connectivity index (χ3v) is 6.74. The van der Waals surface area contributed by atoms with E-state index in [1.807, 2.05) is 0 Å². The van der Waals surface area contributed by atoms with E-state index in [9.17, 15) is 5.11 Å². The summed E-state index contributed by atoms with van der Waals surface area (Å²) in [6.45, 7) is 0.810. The second kappa shape index (κ2) is 5.07. The SMILES string of the molecule is CN(C)C[C@H](O)C12C[C@@H]3C[C@H](CC(c4ccccc4)(C3)C1)C2. The molecule has 1 aromatic carbocycles. The largest absolute Gasteiger partial charge is 0.391 e. The normalized spacial score (nSPS) is 41.1. The second-order valence-corrected chi connectivity index (χ2v) is 8.75. The molecule has 0 unspecified atom stereocenters. The third-order valence-electron chi connectivity index (χ3n) is 6.74. The summed E-state index contributed by atoms with van der Waals surface area (Å²) in [5, 5.41) is 11.0. The third kappa shape index (κ3) is 2.23. The van der Waals surface area contributed by atoms with Crippen LogP contribution >= 0.6 is 0 Å². The monoisotopic (exact) mass is 299 g/mol. The summed E-state index contributed by atoms with van der Waals surface area (Å²) in [6, 6.07) is 11.2. The van der Waals surface area contributed by atoms with Gasteiger partial charge in [-0.3, -0.25) is 0 Å². The molecule has 0 saturated heterocycles. The first-order valence-electron chi connectivity index (χ1n) is 8.90. The molecule has 4 aliphatic carbocycles. The van der Waals surface area contributed by atoms with Crippen LogP contribution in [0.15, 0.2) is 30.3 Å². The number of likely N-dealkylation sites (N-methyl/N-ethyl adjacent to an activating group) is 1. The van der Waals surface area contributed by atoms with Crippen LogP contribution in [0.2, 0.25) is 0 Å². The first kappa shape index (κ1) is 14.7. The second-order valence-electron chi connectivity index (χ2n) is 8.75. The van der Waals surface area contributed by atoms with Crippen LogP contribution in [0.4, 0.5) is 0 Å². The van der Waals surface area contributed by atoms with Gasteiger partial charge in [0.2, 0.25) is 0 Å². The molecule has 3 atom stereocenters. The average Bonchev–Trinajstić information content (AvgIpc) is 2.46. The molecule has 0 heterocycles. The summed E-state index contributed by atoms with van der Waals surface area (Å²) in [4.78, 5) is 2.15. The van der Waals surface area contributed by atoms with Crippen LogP contribution in [-0.4, -0.2) is 36.8 Å². The van der Waals surface area contributed by atoms with E-state index in [0.29, 0.717) is 5.41 Å². The van der Waals surface area contributed by atoms with Gasteiger partial charge >= 0.3 is 0 Å². The summed E-state index contributed by atoms with van der Waals surface area (Å²) in [7, 11) is 4.16. The summed E-state index contributed by atoms with van der Waals surface area (Å²) in [5.74, 6) is 1.66. The number of nitrogens with zero attached hydrogens (tertiary/aromatic N) is 1. The molecule has 120 valence electrons. The lowest BCUT2D eigenvalue weighted by molar-refractivity contribution is -0.136. The molecule has 4 aliphatic rings. The minimum atomic E-state index is -0.170. The van der Waals surface area contributed by atoms with Gasteiger partial charge in [0.05, 0.1) is 6.10 Å². The van der Waals surface area contributed by atoms with Crippen molar-refractivity contribution in [2.24, 2.45) is 17.3 Å². The summed E-state index contributed by atoms with van der Waals surface area (Å²) < 4.78 is 0. The quantitative estimate of drug-likeness (QED) is 0.920.